The first-order valence-electron chi connectivity index (χ1n) is 5.50. The summed E-state index contributed by atoms with van der Waals surface area (Å²) in [5, 5.41) is 0.364. The van der Waals surface area contributed by atoms with Gasteiger partial charge in [0.25, 0.3) is 0 Å². The van der Waals surface area contributed by atoms with Gasteiger partial charge in [-0.25, -0.2) is 0 Å². The van der Waals surface area contributed by atoms with Crippen molar-refractivity contribution in [1.29, 1.82) is 0 Å². The zero-order chi connectivity index (χ0) is 11.0. The molecule has 0 spiro atoms. The third kappa shape index (κ3) is 2.95. The van der Waals surface area contributed by atoms with Crippen molar-refractivity contribution in [3.63, 3.8) is 0 Å². The van der Waals surface area contributed by atoms with Crippen molar-refractivity contribution < 1.29 is 4.43 Å². The molecule has 1 nitrogen and oxygen atoms in total. The van der Waals surface area contributed by atoms with Crippen molar-refractivity contribution in [3.8, 4) is 0 Å². The average molecular weight is 326 g/mol. The van der Waals surface area contributed by atoms with Crippen LogP contribution in [0.5, 0.6) is 0 Å². The van der Waals surface area contributed by atoms with E-state index in [1.165, 1.54) is 17.3 Å². The largest absolute Gasteiger partial charge is 0.414 e. The number of alkyl halides is 1. The molecule has 0 atom stereocenters. The van der Waals surface area contributed by atoms with Crippen LogP contribution in [0.4, 0.5) is 0 Å². The Balaban J connectivity index is 2.38. The summed E-state index contributed by atoms with van der Waals surface area (Å²) >= 11 is 2.48. The standard InChI is InChI=1S/C11H23IOSi/c1-11(2,3)14(4,5)13-10-6-9(7-10)8-12/h9-10H,6-8H2,1-5H3/t9-,10-. The summed E-state index contributed by atoms with van der Waals surface area (Å²) in [5.41, 5.74) is 0. The maximum absolute atomic E-state index is 6.31. The molecule has 1 aliphatic carbocycles. The summed E-state index contributed by atoms with van der Waals surface area (Å²) in [5.74, 6) is 0.936. The summed E-state index contributed by atoms with van der Waals surface area (Å²) in [6.45, 7) is 11.6. The van der Waals surface area contributed by atoms with Gasteiger partial charge in [-0.15, -0.1) is 0 Å². The molecule has 84 valence electrons. The fourth-order valence-electron chi connectivity index (χ4n) is 1.49. The second-order valence-corrected chi connectivity index (χ2v) is 11.6. The van der Waals surface area contributed by atoms with Crippen molar-refractivity contribution in [2.75, 3.05) is 4.43 Å². The fraction of sp³-hybridized carbons (Fsp3) is 1.00. The SMILES string of the molecule is CC(C)(C)[Si](C)(C)O[C@H]1C[C@H](CI)C1. The van der Waals surface area contributed by atoms with Crippen molar-refractivity contribution in [1.82, 2.24) is 0 Å². The molecule has 0 saturated heterocycles. The highest BCUT2D eigenvalue weighted by Crippen LogP contribution is 2.41. The molecule has 0 radical (unpaired) electrons. The second kappa shape index (κ2) is 4.42. The molecule has 1 fully saturated rings. The Hall–Kier alpha value is 0.907. The molecule has 0 amide bonds. The molecule has 0 aromatic heterocycles. The van der Waals surface area contributed by atoms with E-state index in [1.54, 1.807) is 0 Å². The lowest BCUT2D eigenvalue weighted by atomic mass is 9.84. The molecule has 0 N–H and O–H groups in total. The number of hydrogen-bond donors (Lipinski definition) is 0. The van der Waals surface area contributed by atoms with Crippen LogP contribution in [0.2, 0.25) is 18.1 Å². The topological polar surface area (TPSA) is 9.23 Å². The van der Waals surface area contributed by atoms with Gasteiger partial charge in [0.05, 0.1) is 0 Å². The van der Waals surface area contributed by atoms with Crippen molar-refractivity contribution in [3.05, 3.63) is 0 Å². The normalized spacial score (nSPS) is 28.7. The fourth-order valence-corrected chi connectivity index (χ4v) is 3.59. The molecule has 0 unspecified atom stereocenters. The van der Waals surface area contributed by atoms with Gasteiger partial charge in [0.15, 0.2) is 8.32 Å². The van der Waals surface area contributed by atoms with Crippen LogP contribution in [0, 0.1) is 5.92 Å². The van der Waals surface area contributed by atoms with Gasteiger partial charge in [0.1, 0.15) is 0 Å². The van der Waals surface area contributed by atoms with Crippen LogP contribution in [0.25, 0.3) is 0 Å². The smallest absolute Gasteiger partial charge is 0.192 e. The predicted octanol–water partition coefficient (Wildman–Crippen LogP) is 4.22. The Kier molecular flexibility index (Phi) is 4.09. The monoisotopic (exact) mass is 326 g/mol. The van der Waals surface area contributed by atoms with E-state index in [1.807, 2.05) is 0 Å². The van der Waals surface area contributed by atoms with Gasteiger partial charge in [0.2, 0.25) is 0 Å². The van der Waals surface area contributed by atoms with E-state index in [4.69, 9.17) is 4.43 Å². The first-order chi connectivity index (χ1) is 6.26. The maximum Gasteiger partial charge on any atom is 0.192 e. The zero-order valence-electron chi connectivity index (χ0n) is 10.1. The van der Waals surface area contributed by atoms with Crippen LogP contribution in [-0.2, 0) is 4.43 Å². The lowest BCUT2D eigenvalue weighted by Crippen LogP contribution is -2.47. The van der Waals surface area contributed by atoms with Gasteiger partial charge in [-0.3, -0.25) is 0 Å². The van der Waals surface area contributed by atoms with E-state index < -0.39 is 8.32 Å². The molecule has 0 bridgehead atoms. The Labute approximate surface area is 103 Å². The van der Waals surface area contributed by atoms with E-state index in [2.05, 4.69) is 56.5 Å². The Morgan fingerprint density at radius 2 is 1.79 bits per heavy atom. The minimum absolute atomic E-state index is 0.364. The molecular formula is C11H23IOSi. The molecule has 1 saturated carbocycles. The summed E-state index contributed by atoms with van der Waals surface area (Å²) in [7, 11) is -1.48. The number of hydrogen-bond acceptors (Lipinski definition) is 1. The van der Waals surface area contributed by atoms with Crippen LogP contribution in [0.1, 0.15) is 33.6 Å². The van der Waals surface area contributed by atoms with E-state index in [-0.39, 0.29) is 0 Å². The van der Waals surface area contributed by atoms with Crippen LogP contribution in [0.15, 0.2) is 0 Å². The highest BCUT2D eigenvalue weighted by Gasteiger charge is 2.41. The average Bonchev–Trinajstić information content (AvgIpc) is 1.93. The first-order valence-corrected chi connectivity index (χ1v) is 9.93. The summed E-state index contributed by atoms with van der Waals surface area (Å²) in [6, 6.07) is 0. The third-order valence-corrected chi connectivity index (χ3v) is 9.46. The van der Waals surface area contributed by atoms with Gasteiger partial charge in [-0.05, 0) is 36.9 Å². The van der Waals surface area contributed by atoms with Crippen molar-refractivity contribution in [2.45, 2.75) is 57.8 Å². The van der Waals surface area contributed by atoms with Gasteiger partial charge < -0.3 is 4.43 Å². The minimum Gasteiger partial charge on any atom is -0.414 e. The molecule has 3 heteroatoms. The predicted molar refractivity (Wildman–Crippen MR) is 73.7 cm³/mol. The molecule has 14 heavy (non-hydrogen) atoms. The summed E-state index contributed by atoms with van der Waals surface area (Å²) in [4.78, 5) is 0. The van der Waals surface area contributed by atoms with E-state index >= 15 is 0 Å². The van der Waals surface area contributed by atoms with E-state index in [9.17, 15) is 0 Å². The highest BCUT2D eigenvalue weighted by molar-refractivity contribution is 14.1. The lowest BCUT2D eigenvalue weighted by Gasteiger charge is -2.44. The van der Waals surface area contributed by atoms with Gasteiger partial charge in [0, 0.05) is 10.5 Å². The maximum atomic E-state index is 6.31. The molecule has 0 heterocycles. The van der Waals surface area contributed by atoms with E-state index in [0.29, 0.717) is 11.1 Å². The lowest BCUT2D eigenvalue weighted by molar-refractivity contribution is 0.0641. The van der Waals surface area contributed by atoms with Crippen LogP contribution >= 0.6 is 22.6 Å². The Morgan fingerprint density at radius 1 is 1.29 bits per heavy atom. The van der Waals surface area contributed by atoms with Gasteiger partial charge >= 0.3 is 0 Å². The van der Waals surface area contributed by atoms with Gasteiger partial charge in [-0.2, -0.15) is 0 Å². The summed E-state index contributed by atoms with van der Waals surface area (Å²) < 4.78 is 7.61. The van der Waals surface area contributed by atoms with Crippen molar-refractivity contribution in [2.24, 2.45) is 5.92 Å². The van der Waals surface area contributed by atoms with Crippen LogP contribution in [0.3, 0.4) is 0 Å². The number of rotatable bonds is 3. The molecule has 0 aliphatic heterocycles. The second-order valence-electron chi connectivity index (χ2n) is 5.99. The van der Waals surface area contributed by atoms with Gasteiger partial charge in [-0.1, -0.05) is 43.4 Å². The molecular weight excluding hydrogens is 303 g/mol. The molecule has 1 aliphatic rings. The highest BCUT2D eigenvalue weighted by atomic mass is 127. The number of halogens is 1. The van der Waals surface area contributed by atoms with Crippen LogP contribution in [-0.4, -0.2) is 18.8 Å². The Bertz CT molecular complexity index is 192. The zero-order valence-corrected chi connectivity index (χ0v) is 13.2. The molecule has 0 aromatic rings. The third-order valence-electron chi connectivity index (χ3n) is 3.68. The van der Waals surface area contributed by atoms with Crippen LogP contribution < -0.4 is 0 Å². The molecule has 0 aromatic carbocycles. The first kappa shape index (κ1) is 13.0. The molecule has 1 rings (SSSR count). The van der Waals surface area contributed by atoms with E-state index in [0.717, 1.165) is 5.92 Å². The quantitative estimate of drug-likeness (QED) is 0.429. The van der Waals surface area contributed by atoms with Crippen molar-refractivity contribution >= 4 is 30.9 Å². The summed E-state index contributed by atoms with van der Waals surface area (Å²) in [6.07, 6.45) is 3.18. The Morgan fingerprint density at radius 3 is 2.14 bits per heavy atom. The minimum atomic E-state index is -1.48.